The fraction of sp³-hybridized carbons (Fsp3) is 0.294. The summed E-state index contributed by atoms with van der Waals surface area (Å²) in [5, 5.41) is 8.95. The van der Waals surface area contributed by atoms with E-state index in [9.17, 15) is 4.79 Å². The highest BCUT2D eigenvalue weighted by molar-refractivity contribution is 14.0. The molecule has 0 aliphatic rings. The lowest BCUT2D eigenvalue weighted by Gasteiger charge is -2.13. The topological polar surface area (TPSA) is 78.7 Å². The summed E-state index contributed by atoms with van der Waals surface area (Å²) in [6.45, 7) is 3.24. The van der Waals surface area contributed by atoms with E-state index in [0.717, 1.165) is 5.76 Å². The van der Waals surface area contributed by atoms with E-state index in [0.29, 0.717) is 19.0 Å². The summed E-state index contributed by atoms with van der Waals surface area (Å²) in [6.07, 6.45) is 1.58. The zero-order chi connectivity index (χ0) is 16.5. The summed E-state index contributed by atoms with van der Waals surface area (Å²) >= 11 is 0. The van der Waals surface area contributed by atoms with Gasteiger partial charge in [0.25, 0.3) is 0 Å². The molecule has 1 amide bonds. The Morgan fingerprint density at radius 2 is 1.88 bits per heavy atom. The molecule has 6 nitrogen and oxygen atoms in total. The van der Waals surface area contributed by atoms with E-state index in [1.807, 2.05) is 18.2 Å². The van der Waals surface area contributed by atoms with E-state index in [1.165, 1.54) is 11.1 Å². The van der Waals surface area contributed by atoms with Crippen LogP contribution in [0.4, 0.5) is 0 Å². The molecule has 0 saturated carbocycles. The maximum absolute atomic E-state index is 11.8. The molecule has 0 bridgehead atoms. The first-order chi connectivity index (χ1) is 11.2. The molecule has 3 N–H and O–H groups in total. The van der Waals surface area contributed by atoms with Crippen LogP contribution in [0.1, 0.15) is 16.9 Å². The fourth-order valence-electron chi connectivity index (χ4n) is 2.03. The molecule has 0 spiro atoms. The summed E-state index contributed by atoms with van der Waals surface area (Å²) in [5.74, 6) is 1.18. The molecule has 0 fully saturated rings. The summed E-state index contributed by atoms with van der Waals surface area (Å²) in [5.41, 5.74) is 2.41. The lowest BCUT2D eigenvalue weighted by atomic mass is 10.1. The minimum absolute atomic E-state index is 0. The van der Waals surface area contributed by atoms with Crippen molar-refractivity contribution in [1.82, 2.24) is 16.0 Å². The molecule has 24 heavy (non-hydrogen) atoms. The third kappa shape index (κ3) is 6.61. The maximum atomic E-state index is 11.8. The second-order valence-electron chi connectivity index (χ2n) is 5.06. The Labute approximate surface area is 159 Å². The average Bonchev–Trinajstić information content (AvgIpc) is 3.08. The van der Waals surface area contributed by atoms with Crippen LogP contribution in [-0.2, 0) is 17.9 Å². The monoisotopic (exact) mass is 442 g/mol. The lowest BCUT2D eigenvalue weighted by molar-refractivity contribution is -0.120. The van der Waals surface area contributed by atoms with Crippen molar-refractivity contribution in [2.75, 3.05) is 13.6 Å². The van der Waals surface area contributed by atoms with Gasteiger partial charge in [0.1, 0.15) is 5.76 Å². The first-order valence-electron chi connectivity index (χ1n) is 7.47. The van der Waals surface area contributed by atoms with Crippen LogP contribution in [0.3, 0.4) is 0 Å². The number of hydrogen-bond donors (Lipinski definition) is 3. The number of furan rings is 1. The van der Waals surface area contributed by atoms with Gasteiger partial charge in [0.05, 0.1) is 19.4 Å². The van der Waals surface area contributed by atoms with E-state index in [1.54, 1.807) is 19.4 Å². The van der Waals surface area contributed by atoms with E-state index < -0.39 is 0 Å². The van der Waals surface area contributed by atoms with Crippen LogP contribution in [0, 0.1) is 6.92 Å². The van der Waals surface area contributed by atoms with Gasteiger partial charge in [-0.2, -0.15) is 0 Å². The molecular weight excluding hydrogens is 419 g/mol. The van der Waals surface area contributed by atoms with Gasteiger partial charge in [-0.3, -0.25) is 9.79 Å². The minimum atomic E-state index is -0.125. The normalized spacial score (nSPS) is 10.7. The molecule has 1 aromatic heterocycles. The van der Waals surface area contributed by atoms with E-state index in [4.69, 9.17) is 4.42 Å². The molecule has 2 aromatic rings. The quantitative estimate of drug-likeness (QED) is 0.364. The molecule has 1 heterocycles. The second kappa shape index (κ2) is 10.7. The zero-order valence-electron chi connectivity index (χ0n) is 13.8. The predicted octanol–water partition coefficient (Wildman–Crippen LogP) is 2.19. The molecule has 130 valence electrons. The third-order valence-corrected chi connectivity index (χ3v) is 3.39. The molecule has 2 rings (SSSR count). The number of benzene rings is 1. The Morgan fingerprint density at radius 3 is 2.54 bits per heavy atom. The smallest absolute Gasteiger partial charge is 0.239 e. The van der Waals surface area contributed by atoms with E-state index in [-0.39, 0.29) is 36.4 Å². The van der Waals surface area contributed by atoms with Crippen LogP contribution in [-0.4, -0.2) is 25.5 Å². The van der Waals surface area contributed by atoms with Crippen molar-refractivity contribution in [1.29, 1.82) is 0 Å². The highest BCUT2D eigenvalue weighted by Crippen LogP contribution is 2.05. The molecule has 0 unspecified atom stereocenters. The molecular formula is C17H23IN4O2. The van der Waals surface area contributed by atoms with Crippen molar-refractivity contribution in [2.45, 2.75) is 20.0 Å². The van der Waals surface area contributed by atoms with Crippen LogP contribution >= 0.6 is 24.0 Å². The molecule has 0 aliphatic heterocycles. The number of nitrogens with one attached hydrogen (secondary N) is 3. The number of halogens is 1. The number of carbonyl (C=O) groups is 1. The number of carbonyl (C=O) groups excluding carboxylic acids is 1. The van der Waals surface area contributed by atoms with Crippen LogP contribution in [0.15, 0.2) is 52.1 Å². The molecule has 1 aromatic carbocycles. The first-order valence-corrected chi connectivity index (χ1v) is 7.47. The summed E-state index contributed by atoms with van der Waals surface area (Å²) in [6, 6.07) is 11.7. The maximum Gasteiger partial charge on any atom is 0.239 e. The van der Waals surface area contributed by atoms with Gasteiger partial charge in [-0.05, 0) is 30.2 Å². The van der Waals surface area contributed by atoms with Gasteiger partial charge in [-0.25, -0.2) is 0 Å². The van der Waals surface area contributed by atoms with Crippen LogP contribution in [0.2, 0.25) is 0 Å². The molecule has 0 atom stereocenters. The number of amides is 1. The first kappa shape index (κ1) is 20.0. The SMILES string of the molecule is CN=C(NCC(=O)NCc1ccco1)NCc1ccccc1C.I. The van der Waals surface area contributed by atoms with Crippen molar-refractivity contribution >= 4 is 35.8 Å². The number of hydrogen-bond acceptors (Lipinski definition) is 3. The summed E-state index contributed by atoms with van der Waals surface area (Å²) in [4.78, 5) is 15.9. The Balaban J connectivity index is 0.00000288. The third-order valence-electron chi connectivity index (χ3n) is 3.39. The van der Waals surface area contributed by atoms with Crippen molar-refractivity contribution in [3.05, 3.63) is 59.5 Å². The van der Waals surface area contributed by atoms with Gasteiger partial charge < -0.3 is 20.4 Å². The van der Waals surface area contributed by atoms with Crippen molar-refractivity contribution in [3.8, 4) is 0 Å². The van der Waals surface area contributed by atoms with Crippen LogP contribution in [0.5, 0.6) is 0 Å². The van der Waals surface area contributed by atoms with Crippen LogP contribution < -0.4 is 16.0 Å². The van der Waals surface area contributed by atoms with Crippen molar-refractivity contribution in [3.63, 3.8) is 0 Å². The van der Waals surface area contributed by atoms with E-state index in [2.05, 4.69) is 40.0 Å². The van der Waals surface area contributed by atoms with Gasteiger partial charge in [0.2, 0.25) is 5.91 Å². The van der Waals surface area contributed by atoms with Crippen molar-refractivity contribution in [2.24, 2.45) is 4.99 Å². The molecule has 0 radical (unpaired) electrons. The number of guanidine groups is 1. The Kier molecular flexibility index (Phi) is 8.92. The van der Waals surface area contributed by atoms with Crippen LogP contribution in [0.25, 0.3) is 0 Å². The van der Waals surface area contributed by atoms with Gasteiger partial charge in [-0.1, -0.05) is 24.3 Å². The fourth-order valence-corrected chi connectivity index (χ4v) is 2.03. The zero-order valence-corrected chi connectivity index (χ0v) is 16.2. The van der Waals surface area contributed by atoms with Gasteiger partial charge >= 0.3 is 0 Å². The Hall–Kier alpha value is -2.03. The number of rotatable bonds is 6. The lowest BCUT2D eigenvalue weighted by Crippen LogP contribution is -2.42. The molecule has 7 heteroatoms. The predicted molar refractivity (Wildman–Crippen MR) is 105 cm³/mol. The minimum Gasteiger partial charge on any atom is -0.467 e. The summed E-state index contributed by atoms with van der Waals surface area (Å²) < 4.78 is 5.16. The highest BCUT2D eigenvalue weighted by atomic mass is 127. The summed E-state index contributed by atoms with van der Waals surface area (Å²) in [7, 11) is 1.67. The Morgan fingerprint density at radius 1 is 1.08 bits per heavy atom. The average molecular weight is 442 g/mol. The largest absolute Gasteiger partial charge is 0.467 e. The van der Waals surface area contributed by atoms with Gasteiger partial charge in [0.15, 0.2) is 5.96 Å². The number of aliphatic imine (C=N–C) groups is 1. The van der Waals surface area contributed by atoms with Gasteiger partial charge in [0, 0.05) is 13.6 Å². The number of nitrogens with zero attached hydrogens (tertiary/aromatic N) is 1. The molecule has 0 aliphatic carbocycles. The highest BCUT2D eigenvalue weighted by Gasteiger charge is 2.05. The molecule has 0 saturated heterocycles. The standard InChI is InChI=1S/C17H22N4O2.HI/c1-13-6-3-4-7-14(13)10-20-17(18-2)21-12-16(22)19-11-15-8-5-9-23-15;/h3-9H,10-12H2,1-2H3,(H,19,22)(H2,18,20,21);1H. The van der Waals surface area contributed by atoms with Crippen molar-refractivity contribution < 1.29 is 9.21 Å². The van der Waals surface area contributed by atoms with Gasteiger partial charge in [-0.15, -0.1) is 24.0 Å². The number of aryl methyl sites for hydroxylation is 1. The van der Waals surface area contributed by atoms with E-state index >= 15 is 0 Å². The Bertz CT molecular complexity index is 656. The second-order valence-corrected chi connectivity index (χ2v) is 5.06.